The lowest BCUT2D eigenvalue weighted by molar-refractivity contribution is -0.138. The first kappa shape index (κ1) is 38.3. The molecule has 10 rings (SSSR count). The number of likely N-dealkylation sites (N-methyl/N-ethyl adjacent to an activating group) is 2. The zero-order valence-corrected chi connectivity index (χ0v) is 53.2. The molecule has 0 aliphatic heterocycles. The average molecular weight is 1400 g/mol. The summed E-state index contributed by atoms with van der Waals surface area (Å²) in [5.41, 5.74) is -12.6. The van der Waals surface area contributed by atoms with Gasteiger partial charge in [0.25, 0.3) is 11.1 Å². The molecule has 2 heterocycles. The lowest BCUT2D eigenvalue weighted by Gasteiger charge is -2.33. The molecule has 0 saturated heterocycles. The van der Waals surface area contributed by atoms with Gasteiger partial charge in [0.2, 0.25) is 11.8 Å². The number of amides is 2. The molecule has 22 heteroatoms. The number of aromatic nitrogens is 4. The van der Waals surface area contributed by atoms with E-state index in [2.05, 4.69) is 9.97 Å². The molecular weight excluding hydrogens is 1280 g/mol. The molecule has 1 unspecified atom stereocenters. The Morgan fingerprint density at radius 3 is 1.65 bits per heavy atom. The smallest absolute Gasteiger partial charge is 0.336 e. The molecule has 6 aromatic carbocycles. The summed E-state index contributed by atoms with van der Waals surface area (Å²) >= 11 is 0.630. The molecular formula is C74H80F8N8O4S2. The van der Waals surface area contributed by atoms with Crippen molar-refractivity contribution in [3.63, 3.8) is 0 Å². The van der Waals surface area contributed by atoms with Crippen molar-refractivity contribution in [1.82, 2.24) is 38.7 Å². The number of thioether (sulfide) groups is 2. The first-order valence-corrected chi connectivity index (χ1v) is 30.6. The van der Waals surface area contributed by atoms with Crippen molar-refractivity contribution in [3.05, 3.63) is 233 Å². The van der Waals surface area contributed by atoms with Crippen molar-refractivity contribution in [2.45, 2.75) is 140 Å². The molecule has 0 N–H and O–H groups in total. The normalized spacial score (nSPS) is 21.5. The number of rotatable bonds is 26. The second kappa shape index (κ2) is 32.9. The molecule has 2 aliphatic rings. The Kier molecular flexibility index (Phi) is 13.1. The minimum Gasteiger partial charge on any atom is -0.336 e. The summed E-state index contributed by atoms with van der Waals surface area (Å²) in [4.78, 5) is 66.4. The van der Waals surface area contributed by atoms with Crippen LogP contribution in [0.4, 0.5) is 35.1 Å². The van der Waals surface area contributed by atoms with Gasteiger partial charge in [-0.2, -0.15) is 36.3 Å². The average Bonchev–Trinajstić information content (AvgIpc) is 1.51. The highest BCUT2D eigenvalue weighted by atomic mass is 32.2. The third-order valence-electron chi connectivity index (χ3n) is 14.3. The van der Waals surface area contributed by atoms with Gasteiger partial charge in [-0.1, -0.05) is 148 Å². The van der Waals surface area contributed by atoms with Crippen LogP contribution in [0.5, 0.6) is 0 Å². The van der Waals surface area contributed by atoms with Crippen LogP contribution in [0.15, 0.2) is 159 Å². The zero-order valence-electron chi connectivity index (χ0n) is 87.5. The second-order valence-electron chi connectivity index (χ2n) is 20.3. The van der Waals surface area contributed by atoms with E-state index in [1.165, 1.54) is 36.4 Å². The Morgan fingerprint density at radius 2 is 1.10 bits per heavy atom. The fourth-order valence-corrected chi connectivity index (χ4v) is 11.0. The Bertz CT molecular complexity index is 5900. The topological polar surface area (TPSA) is 117 Å². The van der Waals surface area contributed by atoms with E-state index in [0.717, 1.165) is 53.7 Å². The minimum absolute atomic E-state index is 0.0265. The summed E-state index contributed by atoms with van der Waals surface area (Å²) in [6.07, 6.45) is -20.6. The van der Waals surface area contributed by atoms with Gasteiger partial charge in [0.05, 0.1) is 47.3 Å². The number of benzene rings is 6. The first-order chi connectivity index (χ1) is 59.8. The molecule has 0 bridgehead atoms. The molecule has 508 valence electrons. The van der Waals surface area contributed by atoms with Gasteiger partial charge < -0.3 is 28.7 Å². The lowest BCUT2D eigenvalue weighted by atomic mass is 9.98. The van der Waals surface area contributed by atoms with Gasteiger partial charge in [-0.05, 0) is 171 Å². The van der Waals surface area contributed by atoms with E-state index in [0.29, 0.717) is 42.2 Å². The standard InChI is InChI=1S/2C37H40F4N4O2S/c1-4-43(5-2)21-22-44(25(3)27-11-13-28(14-12-27)29-15-17-30(18-16-29)37(39,40)41)34(46)23-45-33-8-6-7-32(33)35(47)42-36(45)48-24-26-9-19-31(38)20-10-26;1-4-43(5-2)19-20-44(22-26-9-13-28(14-10-26)29-15-18-32(25(3)21-29)37(39,40)41)34(46)23-45-33-8-6-7-31(33)35(47)42-36(45)48-24-27-11-16-30(38)17-12-27/h9-20,25H,4-8,21-24H2,1-3H3;9-18,21H,4-8,19-20,22-24H2,1-3H3/i4D2,5D2,6D2,7D2,8D2,9D,10D,19D,20D,23D2,25D;4D2,5D2,9D,10D,11D,12D,13D,14D,15D,16D,17D,18D,21D,22D2,23D2. The Morgan fingerprint density at radius 1 is 0.604 bits per heavy atom. The number of halogens is 8. The van der Waals surface area contributed by atoms with E-state index >= 15 is 9.59 Å². The van der Waals surface area contributed by atoms with Crippen LogP contribution in [0.3, 0.4) is 0 Å². The van der Waals surface area contributed by atoms with Crippen molar-refractivity contribution in [2.75, 3.05) is 52.2 Å². The summed E-state index contributed by atoms with van der Waals surface area (Å²) in [5, 5.41) is -1.62. The van der Waals surface area contributed by atoms with Crippen molar-refractivity contribution in [2.24, 2.45) is 0 Å². The van der Waals surface area contributed by atoms with Gasteiger partial charge in [0.1, 0.15) is 24.6 Å². The number of hydrogen-bond donors (Lipinski definition) is 0. The predicted molar refractivity (Wildman–Crippen MR) is 363 cm³/mol. The van der Waals surface area contributed by atoms with E-state index in [1.54, 1.807) is 0 Å². The number of nitrogens with zero attached hydrogens (tertiary/aromatic N) is 8. The maximum absolute atomic E-state index is 15.1. The summed E-state index contributed by atoms with van der Waals surface area (Å²) in [7, 11) is 0. The summed E-state index contributed by atoms with van der Waals surface area (Å²) in [6, 6.07) is -10.0. The van der Waals surface area contributed by atoms with E-state index in [1.807, 2.05) is 0 Å². The Balaban J connectivity index is 0.000000297. The molecule has 0 spiro atoms. The van der Waals surface area contributed by atoms with Crippen molar-refractivity contribution >= 4 is 35.3 Å². The predicted octanol–water partition coefficient (Wildman–Crippen LogP) is 15.3. The minimum atomic E-state index is -5.23. The van der Waals surface area contributed by atoms with Crippen molar-refractivity contribution in [3.8, 4) is 22.3 Å². The number of alkyl halides is 6. The van der Waals surface area contributed by atoms with E-state index in [-0.39, 0.29) is 57.3 Å². The van der Waals surface area contributed by atoms with Crippen LogP contribution in [-0.4, -0.2) is 103 Å². The highest BCUT2D eigenvalue weighted by Gasteiger charge is 2.34. The Labute approximate surface area is 614 Å². The van der Waals surface area contributed by atoms with Gasteiger partial charge in [-0.3, -0.25) is 19.2 Å². The SMILES string of the molecule is [2H]c1c([2H])c(CSc2nc(=O)c3c(n2C([2H])([2H])C(=O)N(CCN(C([2H])([2H])C)C([2H])([2H])C)C([2H])(C)c2ccc(-c4ccc(C(F)(F)F)cc4)cc2)C([2H])([2H])C([2H])([2H])C3([2H])[2H])c([2H])c([2H])c1F.[2H]c1c([2H])c(CSc2nc(=O)c3c(n2C([2H])([2H])C(=O)N(CCN(C([2H])([2H])C)C([2H])([2H])C)C([2H])([2H])c2c([2H])c([2H])c(-c4c([2H])c([2H])c(C(F)(F)F)c(C)c4[2H])c([2H])c2[2H])CCC3)c([2H])c([2H])c1F. The monoisotopic (exact) mass is 1400 g/mol. The quantitative estimate of drug-likeness (QED) is 0.0295. The number of fused-ring (bicyclic) bond motifs is 2. The van der Waals surface area contributed by atoms with Crippen LogP contribution in [0, 0.1) is 18.6 Å². The van der Waals surface area contributed by atoms with E-state index in [9.17, 15) is 54.3 Å². The molecule has 8 aromatic rings. The third kappa shape index (κ3) is 18.6. The van der Waals surface area contributed by atoms with Crippen LogP contribution in [0.25, 0.3) is 22.3 Å². The first-order valence-electron chi connectivity index (χ1n) is 46.7. The number of hydrogen-bond acceptors (Lipinski definition) is 10. The number of carbonyl (C=O) groups excluding carboxylic acids is 2. The van der Waals surface area contributed by atoms with Crippen molar-refractivity contribution in [1.29, 1.82) is 0 Å². The van der Waals surface area contributed by atoms with Gasteiger partial charge in [-0.15, -0.1) is 0 Å². The summed E-state index contributed by atoms with van der Waals surface area (Å²) in [6.45, 7) is -19.3. The van der Waals surface area contributed by atoms with Crippen LogP contribution in [-0.2, 0) is 78.5 Å². The molecule has 0 saturated carbocycles. The highest BCUT2D eigenvalue weighted by molar-refractivity contribution is 7.98. The fourth-order valence-electron chi connectivity index (χ4n) is 9.35. The largest absolute Gasteiger partial charge is 0.416 e. The fraction of sp³-hybridized carbons (Fsp3) is 0.378. The van der Waals surface area contributed by atoms with Gasteiger partial charge in [0, 0.05) is 85.9 Å². The maximum atomic E-state index is 15.1. The molecule has 2 amide bonds. The van der Waals surface area contributed by atoms with Gasteiger partial charge >= 0.3 is 12.4 Å². The molecule has 96 heavy (non-hydrogen) atoms. The van der Waals surface area contributed by atoms with Gasteiger partial charge in [-0.25, -0.2) is 8.78 Å². The van der Waals surface area contributed by atoms with Crippen LogP contribution < -0.4 is 11.1 Å². The van der Waals surface area contributed by atoms with E-state index in [4.69, 9.17) is 39.8 Å². The highest BCUT2D eigenvalue weighted by Crippen LogP contribution is 2.36. The van der Waals surface area contributed by atoms with E-state index < -0.39 is 312 Å². The van der Waals surface area contributed by atoms with Crippen LogP contribution >= 0.6 is 23.5 Å². The maximum Gasteiger partial charge on any atom is 0.416 e. The summed E-state index contributed by atoms with van der Waals surface area (Å²) < 4.78 is 420. The molecule has 2 aliphatic carbocycles. The zero-order chi connectivity index (χ0) is 101. The lowest BCUT2D eigenvalue weighted by Crippen LogP contribution is -2.42. The molecule has 12 nitrogen and oxygen atoms in total. The molecule has 2 aromatic heterocycles. The molecule has 0 fully saturated rings. The van der Waals surface area contributed by atoms with Crippen molar-refractivity contribution < 1.29 is 94.1 Å². The second-order valence-corrected chi connectivity index (χ2v) is 22.2. The van der Waals surface area contributed by atoms with Crippen LogP contribution in [0.2, 0.25) is 0 Å². The number of carbonyl (C=O) groups is 2. The summed E-state index contributed by atoms with van der Waals surface area (Å²) in [5.74, 6) is -8.13. The molecule has 1 atom stereocenters. The third-order valence-corrected chi connectivity index (χ3v) is 16.2. The Hall–Kier alpha value is -7.92. The van der Waals surface area contributed by atoms with Gasteiger partial charge in [0.15, 0.2) is 10.3 Å². The van der Waals surface area contributed by atoms with Crippen LogP contribution in [0.1, 0.15) is 164 Å². The molecule has 0 radical (unpaired) electrons.